The summed E-state index contributed by atoms with van der Waals surface area (Å²) in [7, 11) is -1.86. The van der Waals surface area contributed by atoms with E-state index in [-0.39, 0.29) is 12.3 Å². The molecule has 1 saturated heterocycles. The second-order valence-electron chi connectivity index (χ2n) is 7.51. The average Bonchev–Trinajstić information content (AvgIpc) is 3.01. The lowest BCUT2D eigenvalue weighted by molar-refractivity contribution is -0.133. The number of nitrogens with two attached hydrogens (primary N) is 1. The summed E-state index contributed by atoms with van der Waals surface area (Å²) in [5, 5.41) is 0. The van der Waals surface area contributed by atoms with Gasteiger partial charge in [0.15, 0.2) is 0 Å². The second-order valence-corrected chi connectivity index (χ2v) is 9.10. The summed E-state index contributed by atoms with van der Waals surface area (Å²) in [5.41, 5.74) is 4.34. The normalized spacial score (nSPS) is 15.6. The molecule has 0 spiro atoms. The fraction of sp³-hybridized carbons (Fsp3) is 0.696. The number of hydrogen-bond donors (Lipinski definition) is 1. The van der Waals surface area contributed by atoms with Gasteiger partial charge in [-0.2, -0.15) is 0 Å². The van der Waals surface area contributed by atoms with Crippen LogP contribution in [0.3, 0.4) is 0 Å². The van der Waals surface area contributed by atoms with Gasteiger partial charge >= 0.3 is 0 Å². The van der Waals surface area contributed by atoms with Crippen LogP contribution in [0.15, 0.2) is 24.3 Å². The van der Waals surface area contributed by atoms with E-state index in [0.29, 0.717) is 26.2 Å². The molecule has 1 aromatic carbocycles. The Bertz CT molecular complexity index is 626. The van der Waals surface area contributed by atoms with Gasteiger partial charge in [0, 0.05) is 44.2 Å². The first kappa shape index (κ1) is 29.3. The molecule has 2 rings (SSSR count). The number of benzene rings is 1. The molecular formula is C23H42FN3O3S. The maximum absolute atomic E-state index is 14.1. The van der Waals surface area contributed by atoms with Crippen molar-refractivity contribution in [2.24, 2.45) is 11.7 Å². The van der Waals surface area contributed by atoms with Crippen molar-refractivity contribution in [1.82, 2.24) is 4.90 Å². The standard InChI is InChI=1S/C17H26FN3O3S.C4H10.C2H6/c1-2-24-15-6-4-14(5-7-15)20-9-3-10-21(12-11-20)17(22)16(18)25(23)13-8-19;1-4(2)3;1-2/h4-7,16H,2-3,8-13,19H2,1H3;4H,1-3H3;1-2H3. The van der Waals surface area contributed by atoms with Crippen molar-refractivity contribution in [2.75, 3.05) is 50.0 Å². The van der Waals surface area contributed by atoms with Crippen molar-refractivity contribution >= 4 is 22.4 Å². The van der Waals surface area contributed by atoms with Crippen LogP contribution >= 0.6 is 0 Å². The van der Waals surface area contributed by atoms with Crippen molar-refractivity contribution in [3.05, 3.63) is 24.3 Å². The smallest absolute Gasteiger partial charge is 0.270 e. The molecule has 1 heterocycles. The van der Waals surface area contributed by atoms with Crippen LogP contribution in [0.4, 0.5) is 10.1 Å². The monoisotopic (exact) mass is 459 g/mol. The average molecular weight is 460 g/mol. The lowest BCUT2D eigenvalue weighted by Gasteiger charge is -2.24. The number of rotatable bonds is 7. The molecule has 1 fully saturated rings. The first-order valence-electron chi connectivity index (χ1n) is 11.3. The minimum Gasteiger partial charge on any atom is -0.494 e. The number of ether oxygens (including phenoxy) is 1. The van der Waals surface area contributed by atoms with E-state index < -0.39 is 22.2 Å². The maximum atomic E-state index is 14.1. The van der Waals surface area contributed by atoms with Gasteiger partial charge < -0.3 is 20.3 Å². The third kappa shape index (κ3) is 11.5. The molecule has 8 heteroatoms. The van der Waals surface area contributed by atoms with Gasteiger partial charge in [0.2, 0.25) is 0 Å². The molecule has 31 heavy (non-hydrogen) atoms. The minimum absolute atomic E-state index is 0.000941. The highest BCUT2D eigenvalue weighted by Gasteiger charge is 2.30. The summed E-state index contributed by atoms with van der Waals surface area (Å²) >= 11 is 0. The largest absolute Gasteiger partial charge is 0.494 e. The maximum Gasteiger partial charge on any atom is 0.270 e. The van der Waals surface area contributed by atoms with Gasteiger partial charge in [-0.05, 0) is 43.5 Å². The lowest BCUT2D eigenvalue weighted by atomic mass is 10.2. The summed E-state index contributed by atoms with van der Waals surface area (Å²) in [6.45, 7) is 15.4. The SMILES string of the molecule is CC.CC(C)C.CCOc1ccc(N2CCCN(C(=O)C(F)S(=O)CCN)CC2)cc1. The Labute approximate surface area is 190 Å². The number of amides is 1. The van der Waals surface area contributed by atoms with E-state index >= 15 is 0 Å². The predicted octanol–water partition coefficient (Wildman–Crippen LogP) is 3.82. The highest BCUT2D eigenvalue weighted by molar-refractivity contribution is 7.86. The van der Waals surface area contributed by atoms with Crippen LogP contribution in [-0.4, -0.2) is 65.6 Å². The van der Waals surface area contributed by atoms with Crippen LogP contribution in [0.25, 0.3) is 0 Å². The molecule has 180 valence electrons. The van der Waals surface area contributed by atoms with Crippen molar-refractivity contribution in [1.29, 1.82) is 0 Å². The van der Waals surface area contributed by atoms with Gasteiger partial charge in [-0.25, -0.2) is 4.39 Å². The van der Waals surface area contributed by atoms with E-state index in [0.717, 1.165) is 30.3 Å². The Hall–Kier alpha value is -1.67. The lowest BCUT2D eigenvalue weighted by Crippen LogP contribution is -2.42. The van der Waals surface area contributed by atoms with Gasteiger partial charge in [0.05, 0.1) is 17.4 Å². The van der Waals surface area contributed by atoms with Crippen LogP contribution in [0.1, 0.15) is 48.0 Å². The van der Waals surface area contributed by atoms with Crippen LogP contribution in [0.5, 0.6) is 5.75 Å². The van der Waals surface area contributed by atoms with Gasteiger partial charge in [-0.1, -0.05) is 34.6 Å². The van der Waals surface area contributed by atoms with Gasteiger partial charge in [0.25, 0.3) is 11.4 Å². The Morgan fingerprint density at radius 3 is 2.23 bits per heavy atom. The summed E-state index contributed by atoms with van der Waals surface area (Å²) in [6, 6.07) is 7.80. The number of carbonyl (C=O) groups excluding carboxylic acids is 1. The molecule has 0 saturated carbocycles. The van der Waals surface area contributed by atoms with E-state index in [1.165, 1.54) is 4.90 Å². The zero-order valence-corrected chi connectivity index (χ0v) is 20.9. The molecule has 1 aliphatic heterocycles. The third-order valence-corrected chi connectivity index (χ3v) is 5.37. The van der Waals surface area contributed by atoms with E-state index in [1.54, 1.807) is 0 Å². The molecule has 0 radical (unpaired) electrons. The van der Waals surface area contributed by atoms with Crippen LogP contribution in [0, 0.1) is 5.92 Å². The Morgan fingerprint density at radius 2 is 1.71 bits per heavy atom. The van der Waals surface area contributed by atoms with E-state index in [4.69, 9.17) is 10.5 Å². The van der Waals surface area contributed by atoms with E-state index in [1.807, 2.05) is 45.0 Å². The van der Waals surface area contributed by atoms with E-state index in [2.05, 4.69) is 25.7 Å². The highest BCUT2D eigenvalue weighted by atomic mass is 32.2. The minimum atomic E-state index is -1.99. The molecule has 6 nitrogen and oxygen atoms in total. The molecule has 1 aromatic rings. The number of nitrogens with zero attached hydrogens (tertiary/aromatic N) is 2. The molecule has 0 aromatic heterocycles. The summed E-state index contributed by atoms with van der Waals surface area (Å²) in [6.07, 6.45) is 0.731. The zero-order chi connectivity index (χ0) is 23.8. The summed E-state index contributed by atoms with van der Waals surface area (Å²) in [5.74, 6) is 0.958. The number of anilines is 1. The molecular weight excluding hydrogens is 417 g/mol. The van der Waals surface area contributed by atoms with Crippen molar-refractivity contribution in [2.45, 2.75) is 53.5 Å². The topological polar surface area (TPSA) is 75.9 Å². The first-order chi connectivity index (χ1) is 14.8. The summed E-state index contributed by atoms with van der Waals surface area (Å²) < 4.78 is 31.2. The molecule has 0 bridgehead atoms. The fourth-order valence-electron chi connectivity index (χ4n) is 2.79. The molecule has 2 unspecified atom stereocenters. The molecule has 2 N–H and O–H groups in total. The molecule has 1 amide bonds. The predicted molar refractivity (Wildman–Crippen MR) is 130 cm³/mol. The Morgan fingerprint density at radius 1 is 1.13 bits per heavy atom. The molecule has 2 atom stereocenters. The number of halogens is 1. The molecule has 0 aliphatic carbocycles. The zero-order valence-electron chi connectivity index (χ0n) is 20.1. The quantitative estimate of drug-likeness (QED) is 0.671. The molecule has 1 aliphatic rings. The van der Waals surface area contributed by atoms with Crippen LogP contribution < -0.4 is 15.4 Å². The highest BCUT2D eigenvalue weighted by Crippen LogP contribution is 2.21. The third-order valence-electron chi connectivity index (χ3n) is 4.06. The van der Waals surface area contributed by atoms with Crippen molar-refractivity contribution in [3.63, 3.8) is 0 Å². The van der Waals surface area contributed by atoms with Crippen molar-refractivity contribution < 1.29 is 18.1 Å². The van der Waals surface area contributed by atoms with Crippen molar-refractivity contribution in [3.8, 4) is 5.75 Å². The van der Waals surface area contributed by atoms with Crippen LogP contribution in [-0.2, 0) is 15.6 Å². The van der Waals surface area contributed by atoms with Gasteiger partial charge in [-0.3, -0.25) is 9.00 Å². The summed E-state index contributed by atoms with van der Waals surface area (Å²) in [4.78, 5) is 15.8. The Kier molecular flexibility index (Phi) is 16.0. The van der Waals surface area contributed by atoms with E-state index in [9.17, 15) is 13.4 Å². The van der Waals surface area contributed by atoms with Gasteiger partial charge in [0.1, 0.15) is 5.75 Å². The fourth-order valence-corrected chi connectivity index (χ4v) is 3.60. The van der Waals surface area contributed by atoms with Crippen LogP contribution in [0.2, 0.25) is 0 Å². The first-order valence-corrected chi connectivity index (χ1v) is 12.7. The number of carbonyl (C=O) groups is 1. The Balaban J connectivity index is 0.00000134. The second kappa shape index (κ2) is 17.0. The number of alkyl halides is 1. The number of hydrogen-bond acceptors (Lipinski definition) is 5. The van der Waals surface area contributed by atoms with Gasteiger partial charge in [-0.15, -0.1) is 0 Å².